The maximum Gasteiger partial charge on any atom is 0.243 e. The van der Waals surface area contributed by atoms with Gasteiger partial charge >= 0.3 is 0 Å². The molecule has 6 heteroatoms. The first kappa shape index (κ1) is 12.4. The summed E-state index contributed by atoms with van der Waals surface area (Å²) >= 11 is 1.88. The van der Waals surface area contributed by atoms with E-state index in [1.807, 2.05) is 11.8 Å². The fraction of sp³-hybridized carbons (Fsp3) is 0.833. The second-order valence-electron chi connectivity index (χ2n) is 4.78. The van der Waals surface area contributed by atoms with Crippen molar-refractivity contribution in [3.8, 4) is 0 Å². The van der Waals surface area contributed by atoms with Crippen LogP contribution in [0, 0.1) is 0 Å². The molecule has 0 aromatic carbocycles. The molecule has 0 bridgehead atoms. The molecule has 2 fully saturated rings. The lowest BCUT2D eigenvalue weighted by Gasteiger charge is -2.18. The van der Waals surface area contributed by atoms with Crippen LogP contribution < -0.4 is 5.32 Å². The summed E-state index contributed by atoms with van der Waals surface area (Å²) in [5.74, 6) is 3.43. The van der Waals surface area contributed by atoms with Gasteiger partial charge in [0.15, 0.2) is 0 Å². The second kappa shape index (κ2) is 6.04. The largest absolute Gasteiger partial charge is 0.368 e. The third-order valence-corrected chi connectivity index (χ3v) is 4.41. The van der Waals surface area contributed by atoms with Crippen LogP contribution in [0.4, 0.5) is 0 Å². The van der Waals surface area contributed by atoms with Crippen LogP contribution in [0.3, 0.4) is 0 Å². The molecule has 5 nitrogen and oxygen atoms in total. The van der Waals surface area contributed by atoms with Crippen molar-refractivity contribution in [2.24, 2.45) is 0 Å². The smallest absolute Gasteiger partial charge is 0.243 e. The minimum absolute atomic E-state index is 0.00651. The zero-order valence-electron chi connectivity index (χ0n) is 10.4. The monoisotopic (exact) mass is 269 g/mol. The lowest BCUT2D eigenvalue weighted by molar-refractivity contribution is 0.0677. The number of hydrogen-bond acceptors (Lipinski definition) is 6. The lowest BCUT2D eigenvalue weighted by Crippen LogP contribution is -2.21. The Hall–Kier alpha value is -0.590. The number of rotatable bonds is 2. The highest BCUT2D eigenvalue weighted by molar-refractivity contribution is 7.99. The summed E-state index contributed by atoms with van der Waals surface area (Å²) in [5, 5.41) is 7.55. The maximum atomic E-state index is 5.66. The average molecular weight is 269 g/mol. The van der Waals surface area contributed by atoms with E-state index >= 15 is 0 Å². The van der Waals surface area contributed by atoms with Crippen molar-refractivity contribution >= 4 is 11.8 Å². The first-order valence-electron chi connectivity index (χ1n) is 6.70. The summed E-state index contributed by atoms with van der Waals surface area (Å²) in [4.78, 5) is 4.52. The van der Waals surface area contributed by atoms with Crippen LogP contribution in [-0.2, 0) is 4.74 Å². The highest BCUT2D eigenvalue weighted by atomic mass is 32.2. The Morgan fingerprint density at radius 2 is 2.28 bits per heavy atom. The molecule has 18 heavy (non-hydrogen) atoms. The van der Waals surface area contributed by atoms with Crippen LogP contribution >= 0.6 is 11.8 Å². The molecule has 2 aliphatic rings. The summed E-state index contributed by atoms with van der Waals surface area (Å²) in [7, 11) is 0. The third-order valence-electron chi connectivity index (χ3n) is 3.42. The minimum Gasteiger partial charge on any atom is -0.368 e. The van der Waals surface area contributed by atoms with Crippen LogP contribution in [0.15, 0.2) is 4.52 Å². The molecule has 1 N–H and O–H groups in total. The molecule has 1 aromatic heterocycles. The van der Waals surface area contributed by atoms with Gasteiger partial charge in [0.2, 0.25) is 11.7 Å². The Morgan fingerprint density at radius 3 is 3.17 bits per heavy atom. The van der Waals surface area contributed by atoms with Gasteiger partial charge in [0.05, 0.1) is 12.6 Å². The number of thioether (sulfide) groups is 1. The number of hydrogen-bond donors (Lipinski definition) is 1. The molecular weight excluding hydrogens is 250 g/mol. The summed E-state index contributed by atoms with van der Waals surface area (Å²) in [6.45, 7) is 1.82. The minimum atomic E-state index is 0.00651. The SMILES string of the molecule is C1CCNC(c2nc(C3CSCCO3)no2)CC1. The van der Waals surface area contributed by atoms with E-state index < -0.39 is 0 Å². The maximum absolute atomic E-state index is 5.66. The molecule has 0 saturated carbocycles. The van der Waals surface area contributed by atoms with E-state index in [9.17, 15) is 0 Å². The van der Waals surface area contributed by atoms with Crippen LogP contribution in [-0.4, -0.2) is 34.8 Å². The van der Waals surface area contributed by atoms with Crippen molar-refractivity contribution in [1.82, 2.24) is 15.5 Å². The Balaban J connectivity index is 1.67. The van der Waals surface area contributed by atoms with Crippen LogP contribution in [0.25, 0.3) is 0 Å². The average Bonchev–Trinajstić information content (AvgIpc) is 2.76. The van der Waals surface area contributed by atoms with Crippen molar-refractivity contribution in [1.29, 1.82) is 0 Å². The topological polar surface area (TPSA) is 60.2 Å². The fourth-order valence-corrected chi connectivity index (χ4v) is 3.24. The van der Waals surface area contributed by atoms with E-state index in [2.05, 4.69) is 15.5 Å². The first-order chi connectivity index (χ1) is 8.93. The summed E-state index contributed by atoms with van der Waals surface area (Å²) < 4.78 is 11.1. The van der Waals surface area contributed by atoms with Crippen molar-refractivity contribution < 1.29 is 9.26 Å². The standard InChI is InChI=1S/C12H19N3O2S/c1-2-4-9(13-5-3-1)12-14-11(15-17-12)10-8-18-7-6-16-10/h9-10,13H,1-8H2. The molecule has 100 valence electrons. The van der Waals surface area contributed by atoms with Gasteiger partial charge in [-0.1, -0.05) is 18.0 Å². The molecule has 0 radical (unpaired) electrons. The Bertz CT molecular complexity index is 371. The zero-order chi connectivity index (χ0) is 12.2. The molecule has 0 amide bonds. The van der Waals surface area contributed by atoms with Gasteiger partial charge in [-0.25, -0.2) is 0 Å². The Kier molecular flexibility index (Phi) is 4.17. The molecule has 2 aliphatic heterocycles. The van der Waals surface area contributed by atoms with E-state index in [-0.39, 0.29) is 12.1 Å². The lowest BCUT2D eigenvalue weighted by atomic mass is 10.1. The normalized spacial score (nSPS) is 30.0. The molecule has 1 aromatic rings. The van der Waals surface area contributed by atoms with Gasteiger partial charge in [-0.2, -0.15) is 16.7 Å². The molecule has 0 spiro atoms. The van der Waals surface area contributed by atoms with E-state index in [1.54, 1.807) is 0 Å². The number of ether oxygens (including phenoxy) is 1. The fourth-order valence-electron chi connectivity index (χ4n) is 2.40. The van der Waals surface area contributed by atoms with Gasteiger partial charge in [0, 0.05) is 11.5 Å². The highest BCUT2D eigenvalue weighted by Gasteiger charge is 2.25. The van der Waals surface area contributed by atoms with Crippen LogP contribution in [0.2, 0.25) is 0 Å². The number of nitrogens with one attached hydrogen (secondary N) is 1. The van der Waals surface area contributed by atoms with Crippen molar-refractivity contribution in [2.75, 3.05) is 24.7 Å². The zero-order valence-corrected chi connectivity index (χ0v) is 11.2. The predicted molar refractivity (Wildman–Crippen MR) is 69.5 cm³/mol. The molecular formula is C12H19N3O2S. The number of aromatic nitrogens is 2. The van der Waals surface area contributed by atoms with Gasteiger partial charge in [-0.05, 0) is 19.4 Å². The Labute approximate surface area is 111 Å². The first-order valence-corrected chi connectivity index (χ1v) is 7.85. The molecule has 2 unspecified atom stereocenters. The Morgan fingerprint density at radius 1 is 1.28 bits per heavy atom. The summed E-state index contributed by atoms with van der Waals surface area (Å²) in [5.41, 5.74) is 0. The molecule has 3 rings (SSSR count). The van der Waals surface area contributed by atoms with Gasteiger partial charge < -0.3 is 14.6 Å². The van der Waals surface area contributed by atoms with Crippen LogP contribution in [0.5, 0.6) is 0 Å². The van der Waals surface area contributed by atoms with Gasteiger partial charge in [-0.15, -0.1) is 0 Å². The van der Waals surface area contributed by atoms with Crippen molar-refractivity contribution in [3.63, 3.8) is 0 Å². The molecule has 3 heterocycles. The van der Waals surface area contributed by atoms with E-state index in [0.717, 1.165) is 37.0 Å². The predicted octanol–water partition coefficient (Wildman–Crippen LogP) is 2.08. The molecule has 2 atom stereocenters. The molecule has 2 saturated heterocycles. The second-order valence-corrected chi connectivity index (χ2v) is 5.93. The number of nitrogens with zero attached hydrogens (tertiary/aromatic N) is 2. The van der Waals surface area contributed by atoms with E-state index in [1.165, 1.54) is 19.3 Å². The third kappa shape index (κ3) is 2.87. The van der Waals surface area contributed by atoms with Crippen molar-refractivity contribution in [3.05, 3.63) is 11.7 Å². The van der Waals surface area contributed by atoms with Crippen LogP contribution in [0.1, 0.15) is 49.5 Å². The highest BCUT2D eigenvalue weighted by Crippen LogP contribution is 2.27. The summed E-state index contributed by atoms with van der Waals surface area (Å²) in [6, 6.07) is 0.227. The van der Waals surface area contributed by atoms with Gasteiger partial charge in [-0.3, -0.25) is 0 Å². The van der Waals surface area contributed by atoms with Gasteiger partial charge in [0.1, 0.15) is 6.10 Å². The van der Waals surface area contributed by atoms with E-state index in [4.69, 9.17) is 9.26 Å². The van der Waals surface area contributed by atoms with Gasteiger partial charge in [0.25, 0.3) is 0 Å². The van der Waals surface area contributed by atoms with E-state index in [0.29, 0.717) is 5.82 Å². The molecule has 0 aliphatic carbocycles. The summed E-state index contributed by atoms with van der Waals surface area (Å²) in [6.07, 6.45) is 4.84. The van der Waals surface area contributed by atoms with Crippen molar-refractivity contribution in [2.45, 2.75) is 37.8 Å². The quantitative estimate of drug-likeness (QED) is 0.887.